The number of pyridine rings is 1. The quantitative estimate of drug-likeness (QED) is 0.513. The maximum atomic E-state index is 11.0. The molecule has 1 heterocycles. The summed E-state index contributed by atoms with van der Waals surface area (Å²) < 4.78 is 0. The molecule has 0 radical (unpaired) electrons. The Labute approximate surface area is 115 Å². The van der Waals surface area contributed by atoms with Gasteiger partial charge in [0, 0.05) is 12.3 Å². The van der Waals surface area contributed by atoms with Gasteiger partial charge in [-0.2, -0.15) is 0 Å². The summed E-state index contributed by atoms with van der Waals surface area (Å²) in [5, 5.41) is 32.2. The molecule has 0 saturated carbocycles. The molecule has 20 heavy (non-hydrogen) atoms. The van der Waals surface area contributed by atoms with Gasteiger partial charge in [0.25, 0.3) is 0 Å². The lowest BCUT2D eigenvalue weighted by Crippen LogP contribution is -2.41. The van der Waals surface area contributed by atoms with E-state index in [0.717, 1.165) is 12.3 Å². The lowest BCUT2D eigenvalue weighted by atomic mass is 9.94. The van der Waals surface area contributed by atoms with Gasteiger partial charge in [0.2, 0.25) is 5.82 Å². The molecule has 0 fully saturated rings. The van der Waals surface area contributed by atoms with Gasteiger partial charge >= 0.3 is 11.7 Å². The van der Waals surface area contributed by atoms with Crippen molar-refractivity contribution in [3.8, 4) is 0 Å². The number of hydrogen-bond donors (Lipinski definition) is 3. The average Bonchev–Trinajstić information content (AvgIpc) is 2.44. The van der Waals surface area contributed by atoms with Crippen LogP contribution in [-0.2, 0) is 0 Å². The van der Waals surface area contributed by atoms with E-state index in [9.17, 15) is 20.0 Å². The van der Waals surface area contributed by atoms with Crippen LogP contribution >= 0.6 is 0 Å². The summed E-state index contributed by atoms with van der Waals surface area (Å²) in [5.74, 6) is -1.33. The summed E-state index contributed by atoms with van der Waals surface area (Å²) in [7, 11) is 0. The van der Waals surface area contributed by atoms with E-state index >= 15 is 0 Å². The number of nitro groups is 1. The Kier molecular flexibility index (Phi) is 4.98. The van der Waals surface area contributed by atoms with E-state index in [1.54, 1.807) is 0 Å². The third-order valence-electron chi connectivity index (χ3n) is 3.35. The van der Waals surface area contributed by atoms with Crippen LogP contribution in [0.2, 0.25) is 0 Å². The molecule has 0 bridgehead atoms. The van der Waals surface area contributed by atoms with E-state index in [-0.39, 0.29) is 18.0 Å². The first-order valence-electron chi connectivity index (χ1n) is 6.16. The Morgan fingerprint density at radius 3 is 2.50 bits per heavy atom. The van der Waals surface area contributed by atoms with E-state index < -0.39 is 22.1 Å². The smallest absolute Gasteiger partial charge is 0.337 e. The number of carbonyl (C=O) groups is 1. The molecule has 0 saturated heterocycles. The van der Waals surface area contributed by atoms with Crippen LogP contribution < -0.4 is 5.32 Å². The number of rotatable bonds is 7. The third kappa shape index (κ3) is 3.21. The highest BCUT2D eigenvalue weighted by atomic mass is 16.6. The highest BCUT2D eigenvalue weighted by Gasteiger charge is 2.29. The van der Waals surface area contributed by atoms with E-state index in [2.05, 4.69) is 10.3 Å². The van der Waals surface area contributed by atoms with Crippen molar-refractivity contribution in [2.24, 2.45) is 0 Å². The van der Waals surface area contributed by atoms with E-state index in [1.807, 2.05) is 13.8 Å². The van der Waals surface area contributed by atoms with Gasteiger partial charge in [-0.05, 0) is 12.8 Å². The van der Waals surface area contributed by atoms with Crippen molar-refractivity contribution < 1.29 is 19.9 Å². The van der Waals surface area contributed by atoms with Crippen molar-refractivity contribution >= 4 is 17.5 Å². The van der Waals surface area contributed by atoms with Gasteiger partial charge in [-0.3, -0.25) is 10.1 Å². The number of aliphatic hydroxyl groups is 1. The Morgan fingerprint density at radius 2 is 2.10 bits per heavy atom. The highest BCUT2D eigenvalue weighted by Crippen LogP contribution is 2.28. The number of nitrogens with zero attached hydrogens (tertiary/aromatic N) is 2. The minimum absolute atomic E-state index is 0.0437. The van der Waals surface area contributed by atoms with Crippen molar-refractivity contribution in [2.45, 2.75) is 32.2 Å². The summed E-state index contributed by atoms with van der Waals surface area (Å²) in [6.07, 6.45) is 2.13. The molecule has 3 N–H and O–H groups in total. The van der Waals surface area contributed by atoms with Gasteiger partial charge in [-0.25, -0.2) is 9.78 Å². The summed E-state index contributed by atoms with van der Waals surface area (Å²) in [5.41, 5.74) is -1.41. The van der Waals surface area contributed by atoms with Crippen molar-refractivity contribution in [3.63, 3.8) is 0 Å². The maximum absolute atomic E-state index is 11.0. The maximum Gasteiger partial charge on any atom is 0.337 e. The van der Waals surface area contributed by atoms with Crippen LogP contribution in [0.3, 0.4) is 0 Å². The standard InChI is InChI=1S/C12H17N3O5/c1-3-12(4-2,7-16)14-10-9(15(19)20)5-8(6-13-10)11(17)18/h5-6,16H,3-4,7H2,1-2H3,(H,13,14)(H,17,18). The number of carboxylic acid groups (broad SMARTS) is 1. The fraction of sp³-hybridized carbons (Fsp3) is 0.500. The summed E-state index contributed by atoms with van der Waals surface area (Å²) in [4.78, 5) is 24.9. The zero-order valence-corrected chi connectivity index (χ0v) is 11.3. The average molecular weight is 283 g/mol. The SMILES string of the molecule is CCC(CC)(CO)Nc1ncc(C(=O)O)cc1[N+](=O)[O-]. The van der Waals surface area contributed by atoms with Crippen molar-refractivity contribution in [1.82, 2.24) is 4.98 Å². The second kappa shape index (κ2) is 6.29. The molecule has 1 aromatic rings. The number of carboxylic acids is 1. The predicted molar refractivity (Wildman–Crippen MR) is 71.9 cm³/mol. The number of nitrogens with one attached hydrogen (secondary N) is 1. The first-order chi connectivity index (χ1) is 9.39. The number of aliphatic hydroxyl groups excluding tert-OH is 1. The molecule has 0 amide bonds. The zero-order chi connectivity index (χ0) is 15.3. The summed E-state index contributed by atoms with van der Waals surface area (Å²) >= 11 is 0. The molecule has 1 aromatic heterocycles. The fourth-order valence-electron chi connectivity index (χ4n) is 1.75. The van der Waals surface area contributed by atoms with Gasteiger partial charge in [0.05, 0.1) is 22.6 Å². The minimum atomic E-state index is -1.29. The van der Waals surface area contributed by atoms with Crippen LogP contribution in [-0.4, -0.2) is 38.2 Å². The van der Waals surface area contributed by atoms with Crippen molar-refractivity contribution in [3.05, 3.63) is 27.9 Å². The van der Waals surface area contributed by atoms with Gasteiger partial charge in [0.1, 0.15) is 0 Å². The molecule has 0 aliphatic heterocycles. The van der Waals surface area contributed by atoms with Crippen LogP contribution in [0.15, 0.2) is 12.3 Å². The molecule has 0 aliphatic carbocycles. The monoisotopic (exact) mass is 283 g/mol. The van der Waals surface area contributed by atoms with Gasteiger partial charge < -0.3 is 15.5 Å². The molecule has 0 aromatic carbocycles. The Morgan fingerprint density at radius 1 is 1.50 bits per heavy atom. The summed E-state index contributed by atoms with van der Waals surface area (Å²) in [6, 6.07) is 0.950. The van der Waals surface area contributed by atoms with E-state index in [4.69, 9.17) is 5.11 Å². The molecule has 8 nitrogen and oxygen atoms in total. The molecular weight excluding hydrogens is 266 g/mol. The lowest BCUT2D eigenvalue weighted by Gasteiger charge is -2.31. The highest BCUT2D eigenvalue weighted by molar-refractivity contribution is 5.88. The second-order valence-corrected chi connectivity index (χ2v) is 4.42. The first-order valence-corrected chi connectivity index (χ1v) is 6.16. The number of anilines is 1. The largest absolute Gasteiger partial charge is 0.478 e. The topological polar surface area (TPSA) is 126 Å². The molecule has 1 rings (SSSR count). The molecule has 8 heteroatoms. The third-order valence-corrected chi connectivity index (χ3v) is 3.35. The number of aromatic carboxylic acids is 1. The second-order valence-electron chi connectivity index (χ2n) is 4.42. The van der Waals surface area contributed by atoms with Crippen LogP contribution in [0, 0.1) is 10.1 Å². The number of aromatic nitrogens is 1. The number of hydrogen-bond acceptors (Lipinski definition) is 6. The molecule has 0 spiro atoms. The molecule has 0 aliphatic rings. The van der Waals surface area contributed by atoms with Crippen LogP contribution in [0.25, 0.3) is 0 Å². The Balaban J connectivity index is 3.24. The fourth-order valence-corrected chi connectivity index (χ4v) is 1.75. The van der Waals surface area contributed by atoms with Crippen molar-refractivity contribution in [1.29, 1.82) is 0 Å². The van der Waals surface area contributed by atoms with Crippen LogP contribution in [0.4, 0.5) is 11.5 Å². The molecule has 110 valence electrons. The van der Waals surface area contributed by atoms with Gasteiger partial charge in [-0.15, -0.1) is 0 Å². The first kappa shape index (κ1) is 15.8. The Hall–Kier alpha value is -2.22. The van der Waals surface area contributed by atoms with Gasteiger partial charge in [-0.1, -0.05) is 13.8 Å². The molecular formula is C12H17N3O5. The van der Waals surface area contributed by atoms with E-state index in [0.29, 0.717) is 12.8 Å². The minimum Gasteiger partial charge on any atom is -0.478 e. The zero-order valence-electron chi connectivity index (χ0n) is 11.3. The predicted octanol–water partition coefficient (Wildman–Crippen LogP) is 1.65. The van der Waals surface area contributed by atoms with E-state index in [1.165, 1.54) is 0 Å². The summed E-state index contributed by atoms with van der Waals surface area (Å²) in [6.45, 7) is 3.47. The normalized spacial score (nSPS) is 11.2. The molecule has 0 unspecified atom stereocenters. The van der Waals surface area contributed by atoms with Crippen LogP contribution in [0.5, 0.6) is 0 Å². The van der Waals surface area contributed by atoms with Crippen molar-refractivity contribution in [2.75, 3.05) is 11.9 Å². The Bertz CT molecular complexity index is 506. The van der Waals surface area contributed by atoms with Crippen LogP contribution in [0.1, 0.15) is 37.0 Å². The molecule has 0 atom stereocenters. The van der Waals surface area contributed by atoms with Gasteiger partial charge in [0.15, 0.2) is 0 Å². The lowest BCUT2D eigenvalue weighted by molar-refractivity contribution is -0.384.